The Bertz CT molecular complexity index is 507. The Hall–Kier alpha value is -0.690. The van der Waals surface area contributed by atoms with Gasteiger partial charge in [0.1, 0.15) is 5.69 Å². The van der Waals surface area contributed by atoms with Crippen molar-refractivity contribution in [1.82, 2.24) is 10.3 Å². The third-order valence-electron chi connectivity index (χ3n) is 4.44. The standard InChI is InChI=1S/C16H27N3O2S.ClH/c1-4-5-8-21-13-9-12(16(13,2)3)19-15(20)11-10-22-14(18-11)6-7-17;/h10,12-13H,4-9,17H2,1-3H3,(H,19,20);1H. The van der Waals surface area contributed by atoms with Gasteiger partial charge in [-0.25, -0.2) is 4.98 Å². The zero-order valence-electron chi connectivity index (χ0n) is 14.1. The largest absolute Gasteiger partial charge is 0.378 e. The van der Waals surface area contributed by atoms with Gasteiger partial charge in [-0.05, 0) is 19.4 Å². The third-order valence-corrected chi connectivity index (χ3v) is 5.35. The highest BCUT2D eigenvalue weighted by Crippen LogP contribution is 2.43. The van der Waals surface area contributed by atoms with Crippen molar-refractivity contribution in [2.75, 3.05) is 13.2 Å². The minimum atomic E-state index is -0.0930. The maximum absolute atomic E-state index is 12.3. The molecule has 3 N–H and O–H groups in total. The van der Waals surface area contributed by atoms with E-state index in [1.165, 1.54) is 11.3 Å². The van der Waals surface area contributed by atoms with Crippen LogP contribution in [0.2, 0.25) is 0 Å². The van der Waals surface area contributed by atoms with Crippen LogP contribution >= 0.6 is 23.7 Å². The number of halogens is 1. The van der Waals surface area contributed by atoms with Gasteiger partial charge in [0.05, 0.1) is 11.1 Å². The summed E-state index contributed by atoms with van der Waals surface area (Å²) in [4.78, 5) is 16.6. The van der Waals surface area contributed by atoms with Crippen LogP contribution in [0.15, 0.2) is 5.38 Å². The summed E-state index contributed by atoms with van der Waals surface area (Å²) in [5, 5.41) is 5.82. The average Bonchev–Trinajstić information content (AvgIpc) is 2.94. The van der Waals surface area contributed by atoms with Gasteiger partial charge in [0.25, 0.3) is 5.91 Å². The van der Waals surface area contributed by atoms with Crippen LogP contribution in [0, 0.1) is 5.41 Å². The van der Waals surface area contributed by atoms with Crippen LogP contribution in [0.1, 0.15) is 55.5 Å². The van der Waals surface area contributed by atoms with Crippen molar-refractivity contribution in [1.29, 1.82) is 0 Å². The molecule has 1 aliphatic carbocycles. The Balaban J connectivity index is 0.00000264. The van der Waals surface area contributed by atoms with E-state index in [-0.39, 0.29) is 35.9 Å². The van der Waals surface area contributed by atoms with E-state index >= 15 is 0 Å². The first kappa shape index (κ1) is 20.4. The maximum Gasteiger partial charge on any atom is 0.270 e. The fraction of sp³-hybridized carbons (Fsp3) is 0.750. The van der Waals surface area contributed by atoms with Crippen molar-refractivity contribution < 1.29 is 9.53 Å². The van der Waals surface area contributed by atoms with Crippen LogP contribution in [0.4, 0.5) is 0 Å². The van der Waals surface area contributed by atoms with Crippen molar-refractivity contribution in [3.05, 3.63) is 16.1 Å². The lowest BCUT2D eigenvalue weighted by Crippen LogP contribution is -2.62. The molecule has 2 atom stereocenters. The minimum Gasteiger partial charge on any atom is -0.378 e. The number of nitrogens with two attached hydrogens (primary N) is 1. The van der Waals surface area contributed by atoms with Gasteiger partial charge in [-0.1, -0.05) is 27.2 Å². The van der Waals surface area contributed by atoms with Crippen molar-refractivity contribution in [3.8, 4) is 0 Å². The van der Waals surface area contributed by atoms with Gasteiger partial charge < -0.3 is 15.8 Å². The van der Waals surface area contributed by atoms with Crippen LogP contribution in [0.25, 0.3) is 0 Å². The molecule has 0 aromatic carbocycles. The molecule has 2 unspecified atom stereocenters. The van der Waals surface area contributed by atoms with Gasteiger partial charge in [0.2, 0.25) is 0 Å². The molecule has 1 aliphatic rings. The summed E-state index contributed by atoms with van der Waals surface area (Å²) >= 11 is 1.49. The van der Waals surface area contributed by atoms with Crippen LogP contribution in [0.5, 0.6) is 0 Å². The predicted molar refractivity (Wildman–Crippen MR) is 96.4 cm³/mol. The van der Waals surface area contributed by atoms with Gasteiger partial charge >= 0.3 is 0 Å². The SMILES string of the molecule is CCCCOC1CC(NC(=O)c2csc(CCN)n2)C1(C)C.Cl. The molecule has 1 aromatic heterocycles. The predicted octanol–water partition coefficient (Wildman–Crippen LogP) is 2.78. The topological polar surface area (TPSA) is 77.2 Å². The number of unbranched alkanes of at least 4 members (excludes halogenated alkanes) is 1. The molecule has 23 heavy (non-hydrogen) atoms. The monoisotopic (exact) mass is 361 g/mol. The Morgan fingerprint density at radius 1 is 1.57 bits per heavy atom. The summed E-state index contributed by atoms with van der Waals surface area (Å²) in [7, 11) is 0. The van der Waals surface area contributed by atoms with E-state index in [9.17, 15) is 4.79 Å². The van der Waals surface area contributed by atoms with Gasteiger partial charge in [0.15, 0.2) is 0 Å². The van der Waals surface area contributed by atoms with Crippen LogP contribution < -0.4 is 11.1 Å². The average molecular weight is 362 g/mol. The summed E-state index contributed by atoms with van der Waals surface area (Å²) in [5.74, 6) is -0.0930. The van der Waals surface area contributed by atoms with Gasteiger partial charge in [-0.2, -0.15) is 0 Å². The summed E-state index contributed by atoms with van der Waals surface area (Å²) in [5.41, 5.74) is 5.98. The van der Waals surface area contributed by atoms with E-state index in [1.807, 2.05) is 0 Å². The number of aromatic nitrogens is 1. The number of carbonyl (C=O) groups is 1. The lowest BCUT2D eigenvalue weighted by atomic mass is 9.64. The normalized spacial score (nSPS) is 22.1. The lowest BCUT2D eigenvalue weighted by Gasteiger charge is -2.51. The number of rotatable bonds is 8. The molecular weight excluding hydrogens is 334 g/mol. The molecule has 0 bridgehead atoms. The molecule has 0 spiro atoms. The molecule has 0 radical (unpaired) electrons. The highest BCUT2D eigenvalue weighted by molar-refractivity contribution is 7.09. The highest BCUT2D eigenvalue weighted by Gasteiger charge is 2.49. The Labute approximate surface area is 148 Å². The number of nitrogens with one attached hydrogen (secondary N) is 1. The minimum absolute atomic E-state index is 0. The highest BCUT2D eigenvalue weighted by atomic mass is 35.5. The van der Waals surface area contributed by atoms with Crippen molar-refractivity contribution in [2.24, 2.45) is 11.1 Å². The second kappa shape index (κ2) is 8.97. The first-order valence-electron chi connectivity index (χ1n) is 8.06. The second-order valence-corrected chi connectivity index (χ2v) is 7.40. The van der Waals surface area contributed by atoms with E-state index in [4.69, 9.17) is 10.5 Å². The smallest absolute Gasteiger partial charge is 0.270 e. The number of thiazole rings is 1. The molecule has 1 saturated carbocycles. The van der Waals surface area contributed by atoms with Crippen LogP contribution in [-0.2, 0) is 11.2 Å². The Morgan fingerprint density at radius 3 is 2.91 bits per heavy atom. The van der Waals surface area contributed by atoms with E-state index in [2.05, 4.69) is 31.1 Å². The van der Waals surface area contributed by atoms with Gasteiger partial charge in [-0.3, -0.25) is 4.79 Å². The fourth-order valence-electron chi connectivity index (χ4n) is 2.67. The quantitative estimate of drug-likeness (QED) is 0.698. The van der Waals surface area contributed by atoms with Crippen molar-refractivity contribution in [3.63, 3.8) is 0 Å². The van der Waals surface area contributed by atoms with Gasteiger partial charge in [0, 0.05) is 29.9 Å². The van der Waals surface area contributed by atoms with Crippen LogP contribution in [0.3, 0.4) is 0 Å². The summed E-state index contributed by atoms with van der Waals surface area (Å²) in [6.45, 7) is 7.82. The molecule has 1 amide bonds. The summed E-state index contributed by atoms with van der Waals surface area (Å²) in [6, 6.07) is 0.145. The van der Waals surface area contributed by atoms with Crippen molar-refractivity contribution >= 4 is 29.7 Å². The molecular formula is C16H28ClN3O2S. The number of hydrogen-bond donors (Lipinski definition) is 2. The number of ether oxygens (including phenoxy) is 1. The summed E-state index contributed by atoms with van der Waals surface area (Å²) < 4.78 is 5.91. The molecule has 132 valence electrons. The summed E-state index contributed by atoms with van der Waals surface area (Å²) in [6.07, 6.45) is 4.06. The molecule has 0 aliphatic heterocycles. The van der Waals surface area contributed by atoms with E-state index in [1.54, 1.807) is 5.38 Å². The van der Waals surface area contributed by atoms with Crippen LogP contribution in [-0.4, -0.2) is 36.2 Å². The number of amides is 1. The maximum atomic E-state index is 12.3. The molecule has 2 rings (SSSR count). The lowest BCUT2D eigenvalue weighted by molar-refractivity contribution is -0.115. The molecule has 7 heteroatoms. The number of nitrogens with zero attached hydrogens (tertiary/aromatic N) is 1. The van der Waals surface area contributed by atoms with Crippen molar-refractivity contribution in [2.45, 2.75) is 58.6 Å². The molecule has 0 saturated heterocycles. The molecule has 1 aromatic rings. The molecule has 1 fully saturated rings. The first-order chi connectivity index (χ1) is 10.5. The van der Waals surface area contributed by atoms with E-state index < -0.39 is 0 Å². The zero-order chi connectivity index (χ0) is 16.2. The first-order valence-corrected chi connectivity index (χ1v) is 8.94. The molecule has 1 heterocycles. The third kappa shape index (κ3) is 4.89. The Kier molecular flexibility index (Phi) is 7.94. The zero-order valence-corrected chi connectivity index (χ0v) is 15.8. The number of carbonyl (C=O) groups excluding carboxylic acids is 1. The van der Waals surface area contributed by atoms with E-state index in [0.29, 0.717) is 12.2 Å². The molecule has 5 nitrogen and oxygen atoms in total. The fourth-order valence-corrected chi connectivity index (χ4v) is 3.46. The van der Waals surface area contributed by atoms with E-state index in [0.717, 1.165) is 37.3 Å². The Morgan fingerprint density at radius 2 is 2.30 bits per heavy atom. The van der Waals surface area contributed by atoms with Gasteiger partial charge in [-0.15, -0.1) is 23.7 Å². The number of hydrogen-bond acceptors (Lipinski definition) is 5. The second-order valence-electron chi connectivity index (χ2n) is 6.46.